The zero-order valence-corrected chi connectivity index (χ0v) is 14.7. The molecule has 0 atom stereocenters. The van der Waals surface area contributed by atoms with Crippen molar-refractivity contribution in [2.45, 2.75) is 6.54 Å². The van der Waals surface area contributed by atoms with Crippen LogP contribution in [0, 0.1) is 0 Å². The molecule has 1 fully saturated rings. The number of fused-ring (bicyclic) bond motifs is 1. The molecule has 1 saturated heterocycles. The summed E-state index contributed by atoms with van der Waals surface area (Å²) in [4.78, 5) is 9.45. The van der Waals surface area contributed by atoms with E-state index in [1.807, 2.05) is 24.3 Å². The Morgan fingerprint density at radius 2 is 1.88 bits per heavy atom. The fraction of sp³-hybridized carbons (Fsp3) is 0.278. The highest BCUT2D eigenvalue weighted by Crippen LogP contribution is 2.31. The van der Waals surface area contributed by atoms with Crippen LogP contribution in [-0.4, -0.2) is 41.2 Å². The van der Waals surface area contributed by atoms with Gasteiger partial charge >= 0.3 is 0 Å². The highest BCUT2D eigenvalue weighted by Gasteiger charge is 2.20. The number of benzene rings is 2. The lowest BCUT2D eigenvalue weighted by Crippen LogP contribution is -2.45. The molecule has 124 valence electrons. The molecule has 0 amide bonds. The Labute approximate surface area is 149 Å². The van der Waals surface area contributed by atoms with Crippen LogP contribution in [0.3, 0.4) is 0 Å². The SMILES string of the molecule is Oc1ccc2nc(N3CCN(Cc4ccccc4Cl)CC3)sc2c1. The van der Waals surface area contributed by atoms with Crippen molar-refractivity contribution in [3.8, 4) is 5.75 Å². The molecule has 0 radical (unpaired) electrons. The van der Waals surface area contributed by atoms with Gasteiger partial charge in [-0.2, -0.15) is 0 Å². The third-order valence-electron chi connectivity index (χ3n) is 4.36. The van der Waals surface area contributed by atoms with Crippen LogP contribution in [-0.2, 0) is 6.54 Å². The van der Waals surface area contributed by atoms with Gasteiger partial charge in [0.15, 0.2) is 5.13 Å². The van der Waals surface area contributed by atoms with Crippen LogP contribution < -0.4 is 4.90 Å². The minimum absolute atomic E-state index is 0.294. The number of nitrogens with zero attached hydrogens (tertiary/aromatic N) is 3. The predicted molar refractivity (Wildman–Crippen MR) is 100 cm³/mol. The normalized spacial score (nSPS) is 16.0. The van der Waals surface area contributed by atoms with Gasteiger partial charge < -0.3 is 10.0 Å². The number of aromatic nitrogens is 1. The fourth-order valence-corrected chi connectivity index (χ4v) is 4.25. The number of halogens is 1. The van der Waals surface area contributed by atoms with Gasteiger partial charge in [0.05, 0.1) is 10.2 Å². The number of piperazine rings is 1. The number of phenolic OH excluding ortho intramolecular Hbond substituents is 1. The smallest absolute Gasteiger partial charge is 0.186 e. The van der Waals surface area contributed by atoms with E-state index in [0.717, 1.165) is 53.1 Å². The van der Waals surface area contributed by atoms with Gasteiger partial charge in [-0.25, -0.2) is 4.98 Å². The van der Waals surface area contributed by atoms with Crippen LogP contribution in [0.15, 0.2) is 42.5 Å². The molecule has 0 saturated carbocycles. The van der Waals surface area contributed by atoms with Crippen LogP contribution >= 0.6 is 22.9 Å². The third kappa shape index (κ3) is 3.20. The molecule has 0 spiro atoms. The molecular formula is C18H18ClN3OS. The first-order valence-corrected chi connectivity index (χ1v) is 9.19. The number of rotatable bonds is 3. The average molecular weight is 360 g/mol. The van der Waals surface area contributed by atoms with Crippen molar-refractivity contribution < 1.29 is 5.11 Å². The molecule has 24 heavy (non-hydrogen) atoms. The van der Waals surface area contributed by atoms with Gasteiger partial charge in [-0.1, -0.05) is 41.1 Å². The summed E-state index contributed by atoms with van der Waals surface area (Å²) in [7, 11) is 0. The first-order valence-electron chi connectivity index (χ1n) is 7.99. The minimum atomic E-state index is 0.294. The number of phenols is 1. The molecule has 0 bridgehead atoms. The van der Waals surface area contributed by atoms with Crippen LogP contribution in [0.5, 0.6) is 5.75 Å². The summed E-state index contributed by atoms with van der Waals surface area (Å²) in [6.45, 7) is 4.78. The van der Waals surface area contributed by atoms with Crippen molar-refractivity contribution in [2.75, 3.05) is 31.1 Å². The lowest BCUT2D eigenvalue weighted by atomic mass is 10.2. The number of thiazole rings is 1. The minimum Gasteiger partial charge on any atom is -0.508 e. The molecule has 4 rings (SSSR count). The maximum absolute atomic E-state index is 9.59. The topological polar surface area (TPSA) is 39.6 Å². The van der Waals surface area contributed by atoms with Crippen molar-refractivity contribution >= 4 is 38.3 Å². The molecule has 3 aromatic rings. The van der Waals surface area contributed by atoms with E-state index in [1.165, 1.54) is 5.56 Å². The Kier molecular flexibility index (Phi) is 4.31. The van der Waals surface area contributed by atoms with Crippen LogP contribution in [0.1, 0.15) is 5.56 Å². The third-order valence-corrected chi connectivity index (χ3v) is 5.80. The second-order valence-electron chi connectivity index (χ2n) is 6.00. The summed E-state index contributed by atoms with van der Waals surface area (Å²) < 4.78 is 1.03. The molecule has 2 heterocycles. The second-order valence-corrected chi connectivity index (χ2v) is 7.42. The van der Waals surface area contributed by atoms with E-state index in [1.54, 1.807) is 23.5 Å². The summed E-state index contributed by atoms with van der Waals surface area (Å²) in [6.07, 6.45) is 0. The average Bonchev–Trinajstić information content (AvgIpc) is 3.01. The Balaban J connectivity index is 1.42. The van der Waals surface area contributed by atoms with E-state index in [9.17, 15) is 5.11 Å². The van der Waals surface area contributed by atoms with E-state index in [0.29, 0.717) is 5.75 Å². The quantitative estimate of drug-likeness (QED) is 0.767. The molecular weight excluding hydrogens is 342 g/mol. The summed E-state index contributed by atoms with van der Waals surface area (Å²) in [5.74, 6) is 0.294. The zero-order chi connectivity index (χ0) is 16.5. The van der Waals surface area contributed by atoms with Gasteiger partial charge in [-0.3, -0.25) is 4.90 Å². The van der Waals surface area contributed by atoms with Gasteiger partial charge in [0.2, 0.25) is 0 Å². The van der Waals surface area contributed by atoms with Gasteiger partial charge in [-0.15, -0.1) is 0 Å². The van der Waals surface area contributed by atoms with Gasteiger partial charge in [0.25, 0.3) is 0 Å². The molecule has 1 aliphatic heterocycles. The predicted octanol–water partition coefficient (Wildman–Crippen LogP) is 3.98. The summed E-state index contributed by atoms with van der Waals surface area (Å²) in [5.41, 5.74) is 2.13. The van der Waals surface area contributed by atoms with E-state index in [-0.39, 0.29) is 0 Å². The van der Waals surface area contributed by atoms with Crippen molar-refractivity contribution in [3.63, 3.8) is 0 Å². The molecule has 2 aromatic carbocycles. The van der Waals surface area contributed by atoms with Gasteiger partial charge in [-0.05, 0) is 29.8 Å². The number of aromatic hydroxyl groups is 1. The Hall–Kier alpha value is -1.82. The second kappa shape index (κ2) is 6.59. The van der Waals surface area contributed by atoms with E-state index in [2.05, 4.69) is 15.9 Å². The molecule has 6 heteroatoms. The standard InChI is InChI=1S/C18H18ClN3OS/c19-15-4-2-1-3-13(15)12-21-7-9-22(10-8-21)18-20-16-6-5-14(23)11-17(16)24-18/h1-6,11,23H,7-10,12H2. The lowest BCUT2D eigenvalue weighted by Gasteiger charge is -2.34. The summed E-state index contributed by atoms with van der Waals surface area (Å²) in [6, 6.07) is 13.4. The highest BCUT2D eigenvalue weighted by molar-refractivity contribution is 7.22. The largest absolute Gasteiger partial charge is 0.508 e. The fourth-order valence-electron chi connectivity index (χ4n) is 3.00. The molecule has 1 N–H and O–H groups in total. The first-order chi connectivity index (χ1) is 11.7. The Morgan fingerprint density at radius 3 is 2.67 bits per heavy atom. The molecule has 0 aliphatic carbocycles. The highest BCUT2D eigenvalue weighted by atomic mass is 35.5. The Bertz CT molecular complexity index is 858. The van der Waals surface area contributed by atoms with Crippen LogP contribution in [0.25, 0.3) is 10.2 Å². The molecule has 0 unspecified atom stereocenters. The van der Waals surface area contributed by atoms with E-state index < -0.39 is 0 Å². The molecule has 1 aromatic heterocycles. The van der Waals surface area contributed by atoms with E-state index >= 15 is 0 Å². The van der Waals surface area contributed by atoms with Gasteiger partial charge in [0.1, 0.15) is 5.75 Å². The molecule has 4 nitrogen and oxygen atoms in total. The monoisotopic (exact) mass is 359 g/mol. The Morgan fingerprint density at radius 1 is 1.08 bits per heavy atom. The van der Waals surface area contributed by atoms with Crippen molar-refractivity contribution in [3.05, 3.63) is 53.1 Å². The number of hydrogen-bond acceptors (Lipinski definition) is 5. The van der Waals surface area contributed by atoms with Crippen LogP contribution in [0.2, 0.25) is 5.02 Å². The van der Waals surface area contributed by atoms with Crippen LogP contribution in [0.4, 0.5) is 5.13 Å². The van der Waals surface area contributed by atoms with E-state index in [4.69, 9.17) is 16.6 Å². The van der Waals surface area contributed by atoms with Crippen molar-refractivity contribution in [2.24, 2.45) is 0 Å². The number of hydrogen-bond donors (Lipinski definition) is 1. The molecule has 1 aliphatic rings. The zero-order valence-electron chi connectivity index (χ0n) is 13.2. The first kappa shape index (κ1) is 15.7. The van der Waals surface area contributed by atoms with Crippen molar-refractivity contribution in [1.82, 2.24) is 9.88 Å². The maximum Gasteiger partial charge on any atom is 0.186 e. The van der Waals surface area contributed by atoms with Crippen molar-refractivity contribution in [1.29, 1.82) is 0 Å². The maximum atomic E-state index is 9.59. The van der Waals surface area contributed by atoms with Gasteiger partial charge in [0, 0.05) is 37.7 Å². The number of anilines is 1. The lowest BCUT2D eigenvalue weighted by molar-refractivity contribution is 0.250. The summed E-state index contributed by atoms with van der Waals surface area (Å²) in [5, 5.41) is 11.5. The summed E-state index contributed by atoms with van der Waals surface area (Å²) >= 11 is 7.90.